The van der Waals surface area contributed by atoms with Crippen molar-refractivity contribution in [3.8, 4) is 17.0 Å². The molecule has 0 spiro atoms. The van der Waals surface area contributed by atoms with Crippen LogP contribution in [0.25, 0.3) is 11.3 Å². The number of anilines is 1. The smallest absolute Gasteiger partial charge is 0.357 e. The molecule has 1 aromatic heterocycles. The molecule has 0 saturated heterocycles. The highest BCUT2D eigenvalue weighted by molar-refractivity contribution is 5.98. The van der Waals surface area contributed by atoms with E-state index in [9.17, 15) is 18.8 Å². The fraction of sp³-hybridized carbons (Fsp3) is 0.182. The van der Waals surface area contributed by atoms with Gasteiger partial charge in [-0.1, -0.05) is 12.1 Å². The average molecular weight is 438 g/mol. The van der Waals surface area contributed by atoms with Crippen LogP contribution in [-0.2, 0) is 20.9 Å². The van der Waals surface area contributed by atoms with Crippen LogP contribution in [0.3, 0.4) is 0 Å². The van der Waals surface area contributed by atoms with E-state index in [1.807, 2.05) is 18.2 Å². The minimum atomic E-state index is -0.774. The van der Waals surface area contributed by atoms with Crippen molar-refractivity contribution in [2.45, 2.75) is 13.0 Å². The van der Waals surface area contributed by atoms with Gasteiger partial charge in [0.2, 0.25) is 5.91 Å². The van der Waals surface area contributed by atoms with E-state index in [1.54, 1.807) is 6.07 Å². The second-order valence-corrected chi connectivity index (χ2v) is 7.02. The standard InChI is InChI=1S/C22H19FN4O5/c23-13-5-7-14(8-6-13)27(10-9-18(24)28)19(29)12-32-22(30)21-16-11-31-17-4-2-1-3-15(17)20(16)25-26-21/h1-8H,9-12H2,(H2,24,28)(H,25,26). The zero-order valence-electron chi connectivity index (χ0n) is 16.8. The molecule has 10 heteroatoms. The van der Waals surface area contributed by atoms with Crippen molar-refractivity contribution in [2.75, 3.05) is 18.1 Å². The van der Waals surface area contributed by atoms with Crippen LogP contribution in [0.15, 0.2) is 48.5 Å². The quantitative estimate of drug-likeness (QED) is 0.544. The molecule has 1 aliphatic rings. The molecule has 2 amide bonds. The third kappa shape index (κ3) is 4.29. The Morgan fingerprint density at radius 1 is 1.16 bits per heavy atom. The number of para-hydroxylation sites is 1. The highest BCUT2D eigenvalue weighted by atomic mass is 19.1. The Bertz CT molecular complexity index is 1180. The average Bonchev–Trinajstić information content (AvgIpc) is 3.23. The van der Waals surface area contributed by atoms with Gasteiger partial charge in [0.25, 0.3) is 5.91 Å². The van der Waals surface area contributed by atoms with E-state index in [4.69, 9.17) is 15.2 Å². The second kappa shape index (κ2) is 8.88. The summed E-state index contributed by atoms with van der Waals surface area (Å²) in [4.78, 5) is 37.7. The predicted molar refractivity (Wildman–Crippen MR) is 111 cm³/mol. The number of fused-ring (bicyclic) bond motifs is 3. The lowest BCUT2D eigenvalue weighted by Gasteiger charge is -2.22. The molecular formula is C22H19FN4O5. The van der Waals surface area contributed by atoms with Gasteiger partial charge in [0.1, 0.15) is 23.9 Å². The maximum absolute atomic E-state index is 13.2. The van der Waals surface area contributed by atoms with E-state index >= 15 is 0 Å². The van der Waals surface area contributed by atoms with Crippen LogP contribution >= 0.6 is 0 Å². The zero-order chi connectivity index (χ0) is 22.7. The Morgan fingerprint density at radius 2 is 1.91 bits per heavy atom. The summed E-state index contributed by atoms with van der Waals surface area (Å²) < 4.78 is 24.1. The highest BCUT2D eigenvalue weighted by Crippen LogP contribution is 2.37. The summed E-state index contributed by atoms with van der Waals surface area (Å²) >= 11 is 0. The lowest BCUT2D eigenvalue weighted by atomic mass is 10.0. The SMILES string of the molecule is NC(=O)CCN(C(=O)COC(=O)c1[nH]nc2c1COc1ccccc1-2)c1ccc(F)cc1. The number of esters is 1. The molecule has 0 aliphatic carbocycles. The van der Waals surface area contributed by atoms with E-state index in [0.29, 0.717) is 22.7 Å². The first-order valence-electron chi connectivity index (χ1n) is 9.75. The maximum atomic E-state index is 13.2. The molecule has 9 nitrogen and oxygen atoms in total. The number of amides is 2. The minimum Gasteiger partial charge on any atom is -0.488 e. The first-order chi connectivity index (χ1) is 15.4. The van der Waals surface area contributed by atoms with E-state index < -0.39 is 30.2 Å². The number of H-pyrrole nitrogens is 1. The molecule has 0 radical (unpaired) electrons. The zero-order valence-corrected chi connectivity index (χ0v) is 16.8. The number of carbonyl (C=O) groups excluding carboxylic acids is 3. The number of nitrogens with zero attached hydrogens (tertiary/aromatic N) is 2. The van der Waals surface area contributed by atoms with Gasteiger partial charge in [0.05, 0.1) is 5.56 Å². The third-order valence-electron chi connectivity index (χ3n) is 4.93. The van der Waals surface area contributed by atoms with Gasteiger partial charge in [-0.25, -0.2) is 9.18 Å². The second-order valence-electron chi connectivity index (χ2n) is 7.02. The Labute approximate surface area is 181 Å². The number of nitrogens with two attached hydrogens (primary N) is 1. The van der Waals surface area contributed by atoms with Crippen molar-refractivity contribution in [3.05, 3.63) is 65.6 Å². The summed E-state index contributed by atoms with van der Waals surface area (Å²) in [5.74, 6) is -1.79. The Kier molecular flexibility index (Phi) is 5.84. The van der Waals surface area contributed by atoms with Crippen molar-refractivity contribution in [2.24, 2.45) is 5.73 Å². The molecule has 0 unspecified atom stereocenters. The highest BCUT2D eigenvalue weighted by Gasteiger charge is 2.28. The van der Waals surface area contributed by atoms with E-state index in [0.717, 1.165) is 5.56 Å². The van der Waals surface area contributed by atoms with Crippen LogP contribution in [0, 0.1) is 5.82 Å². The van der Waals surface area contributed by atoms with Gasteiger partial charge in [0, 0.05) is 24.2 Å². The van der Waals surface area contributed by atoms with Gasteiger partial charge in [-0.2, -0.15) is 5.10 Å². The number of primary amides is 1. The molecule has 0 saturated carbocycles. The summed E-state index contributed by atoms with van der Waals surface area (Å²) in [5, 5.41) is 6.85. The van der Waals surface area contributed by atoms with Gasteiger partial charge in [-0.05, 0) is 36.4 Å². The van der Waals surface area contributed by atoms with Crippen LogP contribution in [-0.4, -0.2) is 41.1 Å². The van der Waals surface area contributed by atoms with Crippen LogP contribution in [0.1, 0.15) is 22.5 Å². The largest absolute Gasteiger partial charge is 0.488 e. The molecule has 164 valence electrons. The normalized spacial score (nSPS) is 11.7. The minimum absolute atomic E-state index is 0.0402. The van der Waals surface area contributed by atoms with Gasteiger partial charge in [-0.3, -0.25) is 14.7 Å². The molecule has 1 aliphatic heterocycles. The van der Waals surface area contributed by atoms with Crippen LogP contribution in [0.2, 0.25) is 0 Å². The molecule has 4 rings (SSSR count). The molecule has 32 heavy (non-hydrogen) atoms. The number of halogens is 1. The Morgan fingerprint density at radius 3 is 2.66 bits per heavy atom. The number of rotatable bonds is 7. The topological polar surface area (TPSA) is 128 Å². The molecule has 0 fully saturated rings. The van der Waals surface area contributed by atoms with Crippen molar-refractivity contribution < 1.29 is 28.2 Å². The first kappa shape index (κ1) is 21.0. The monoisotopic (exact) mass is 438 g/mol. The summed E-state index contributed by atoms with van der Waals surface area (Å²) in [7, 11) is 0. The lowest BCUT2D eigenvalue weighted by Crippen LogP contribution is -2.37. The number of aromatic nitrogens is 2. The Hall–Kier alpha value is -4.21. The van der Waals surface area contributed by atoms with Crippen LogP contribution < -0.4 is 15.4 Å². The molecule has 3 N–H and O–H groups in total. The summed E-state index contributed by atoms with van der Waals surface area (Å²) in [6, 6.07) is 12.4. The van der Waals surface area contributed by atoms with E-state index in [1.165, 1.54) is 29.2 Å². The van der Waals surface area contributed by atoms with Crippen molar-refractivity contribution in [3.63, 3.8) is 0 Å². The molecule has 0 bridgehead atoms. The number of nitrogens with one attached hydrogen (secondary N) is 1. The van der Waals surface area contributed by atoms with Crippen molar-refractivity contribution in [1.29, 1.82) is 0 Å². The van der Waals surface area contributed by atoms with Gasteiger partial charge in [-0.15, -0.1) is 0 Å². The first-order valence-corrected chi connectivity index (χ1v) is 9.75. The van der Waals surface area contributed by atoms with E-state index in [-0.39, 0.29) is 25.3 Å². The summed E-state index contributed by atoms with van der Waals surface area (Å²) in [6.45, 7) is -0.511. The predicted octanol–water partition coefficient (Wildman–Crippen LogP) is 2.17. The summed E-state index contributed by atoms with van der Waals surface area (Å²) in [5.41, 5.74) is 7.48. The van der Waals surface area contributed by atoms with Gasteiger partial charge < -0.3 is 20.1 Å². The fourth-order valence-electron chi connectivity index (χ4n) is 3.35. The lowest BCUT2D eigenvalue weighted by molar-refractivity contribution is -0.121. The molecule has 0 atom stereocenters. The molecule has 2 heterocycles. The van der Waals surface area contributed by atoms with Crippen LogP contribution in [0.5, 0.6) is 5.75 Å². The number of ether oxygens (including phenoxy) is 2. The van der Waals surface area contributed by atoms with E-state index in [2.05, 4.69) is 10.2 Å². The number of hydrogen-bond donors (Lipinski definition) is 2. The molecular weight excluding hydrogens is 419 g/mol. The molecule has 3 aromatic rings. The molecule has 2 aromatic carbocycles. The Balaban J connectivity index is 1.47. The van der Waals surface area contributed by atoms with Crippen molar-refractivity contribution in [1.82, 2.24) is 10.2 Å². The van der Waals surface area contributed by atoms with Gasteiger partial charge >= 0.3 is 5.97 Å². The third-order valence-corrected chi connectivity index (χ3v) is 4.93. The number of aromatic amines is 1. The number of benzene rings is 2. The number of carbonyl (C=O) groups is 3. The maximum Gasteiger partial charge on any atom is 0.357 e. The fourth-order valence-corrected chi connectivity index (χ4v) is 3.35. The summed E-state index contributed by atoms with van der Waals surface area (Å²) in [6.07, 6.45) is -0.109. The van der Waals surface area contributed by atoms with Gasteiger partial charge in [0.15, 0.2) is 12.3 Å². The van der Waals surface area contributed by atoms with Crippen molar-refractivity contribution >= 4 is 23.5 Å². The van der Waals surface area contributed by atoms with Crippen LogP contribution in [0.4, 0.5) is 10.1 Å². The number of hydrogen-bond acceptors (Lipinski definition) is 6.